The maximum absolute atomic E-state index is 8.68. The Morgan fingerprint density at radius 3 is 1.95 bits per heavy atom. The first-order chi connectivity index (χ1) is 9.67. The fourth-order valence-electron chi connectivity index (χ4n) is 1.56. The van der Waals surface area contributed by atoms with Gasteiger partial charge < -0.3 is 9.47 Å². The Bertz CT molecular complexity index is 601. The Hall–Kier alpha value is -1.89. The van der Waals surface area contributed by atoms with Gasteiger partial charge in [-0.1, -0.05) is 23.2 Å². The summed E-state index contributed by atoms with van der Waals surface area (Å²) in [6.07, 6.45) is 0. The Balaban J connectivity index is 1.79. The molecule has 2 aromatic rings. The minimum atomic E-state index is 0.372. The molecule has 0 heterocycles. The largest absolute Gasteiger partial charge is 0.490 e. The first-order valence-electron chi connectivity index (χ1n) is 5.89. The van der Waals surface area contributed by atoms with E-state index in [9.17, 15) is 0 Å². The molecule has 0 unspecified atom stereocenters. The number of hydrogen-bond acceptors (Lipinski definition) is 3. The van der Waals surface area contributed by atoms with E-state index in [2.05, 4.69) is 0 Å². The highest BCUT2D eigenvalue weighted by Gasteiger charge is 2.00. The lowest BCUT2D eigenvalue weighted by Gasteiger charge is -2.09. The fraction of sp³-hybridized carbons (Fsp3) is 0.133. The maximum atomic E-state index is 8.68. The summed E-state index contributed by atoms with van der Waals surface area (Å²) >= 11 is 11.7. The number of halogens is 2. The molecule has 0 fully saturated rings. The number of benzene rings is 2. The van der Waals surface area contributed by atoms with Gasteiger partial charge in [-0.05, 0) is 42.5 Å². The third-order valence-electron chi connectivity index (χ3n) is 2.44. The second-order valence-electron chi connectivity index (χ2n) is 3.94. The lowest BCUT2D eigenvalue weighted by molar-refractivity contribution is 0.217. The van der Waals surface area contributed by atoms with Gasteiger partial charge in [0, 0.05) is 10.0 Å². The lowest BCUT2D eigenvalue weighted by Crippen LogP contribution is -2.08. The zero-order valence-electron chi connectivity index (χ0n) is 10.5. The minimum Gasteiger partial charge on any atom is -0.490 e. The van der Waals surface area contributed by atoms with Crippen LogP contribution in [0.5, 0.6) is 11.5 Å². The van der Waals surface area contributed by atoms with Gasteiger partial charge in [0.15, 0.2) is 0 Å². The van der Waals surface area contributed by atoms with E-state index in [0.717, 1.165) is 0 Å². The Kier molecular flexibility index (Phi) is 5.11. The molecular weight excluding hydrogens is 297 g/mol. The summed E-state index contributed by atoms with van der Waals surface area (Å²) in [5.41, 5.74) is 0.599. The minimum absolute atomic E-state index is 0.372. The summed E-state index contributed by atoms with van der Waals surface area (Å²) in [5.74, 6) is 1.29. The van der Waals surface area contributed by atoms with E-state index in [1.54, 1.807) is 42.5 Å². The Morgan fingerprint density at radius 2 is 1.40 bits per heavy atom. The highest BCUT2D eigenvalue weighted by Crippen LogP contribution is 2.24. The molecule has 3 nitrogen and oxygen atoms in total. The second kappa shape index (κ2) is 7.04. The van der Waals surface area contributed by atoms with Gasteiger partial charge in [0.1, 0.15) is 24.7 Å². The summed E-state index contributed by atoms with van der Waals surface area (Å²) in [4.78, 5) is 0. The molecule has 2 rings (SSSR count). The average molecular weight is 308 g/mol. The van der Waals surface area contributed by atoms with E-state index in [1.165, 1.54) is 0 Å². The van der Waals surface area contributed by atoms with Crippen LogP contribution in [-0.4, -0.2) is 13.2 Å². The van der Waals surface area contributed by atoms with E-state index in [4.69, 9.17) is 37.9 Å². The smallest absolute Gasteiger partial charge is 0.122 e. The van der Waals surface area contributed by atoms with Crippen molar-refractivity contribution in [2.24, 2.45) is 0 Å². The molecule has 0 bridgehead atoms. The summed E-state index contributed by atoms with van der Waals surface area (Å²) in [5, 5.41) is 9.74. The van der Waals surface area contributed by atoms with Crippen molar-refractivity contribution in [3.63, 3.8) is 0 Å². The number of nitrogens with zero attached hydrogens (tertiary/aromatic N) is 1. The first kappa shape index (κ1) is 14.5. The van der Waals surface area contributed by atoms with E-state index < -0.39 is 0 Å². The third-order valence-corrected chi connectivity index (χ3v) is 2.88. The van der Waals surface area contributed by atoms with Gasteiger partial charge in [-0.25, -0.2) is 0 Å². The molecule has 0 saturated heterocycles. The highest BCUT2D eigenvalue weighted by molar-refractivity contribution is 6.34. The molecule has 0 saturated carbocycles. The van der Waals surface area contributed by atoms with E-state index in [-0.39, 0.29) is 0 Å². The van der Waals surface area contributed by atoms with Gasteiger partial charge in [-0.15, -0.1) is 0 Å². The van der Waals surface area contributed by atoms with E-state index in [0.29, 0.717) is 40.3 Å². The first-order valence-corrected chi connectivity index (χ1v) is 6.65. The van der Waals surface area contributed by atoms with Gasteiger partial charge in [0.2, 0.25) is 0 Å². The lowest BCUT2D eigenvalue weighted by atomic mass is 10.2. The predicted octanol–water partition coefficient (Wildman–Crippen LogP) is 4.32. The van der Waals surface area contributed by atoms with Crippen molar-refractivity contribution in [2.45, 2.75) is 0 Å². The van der Waals surface area contributed by atoms with Crippen LogP contribution in [0.4, 0.5) is 0 Å². The molecule has 0 aromatic heterocycles. The van der Waals surface area contributed by atoms with Crippen molar-refractivity contribution in [1.82, 2.24) is 0 Å². The molecule has 0 N–H and O–H groups in total. The summed E-state index contributed by atoms with van der Waals surface area (Å²) in [6.45, 7) is 0.757. The normalized spacial score (nSPS) is 9.85. The van der Waals surface area contributed by atoms with Gasteiger partial charge in [0.25, 0.3) is 0 Å². The quantitative estimate of drug-likeness (QED) is 0.772. The highest BCUT2D eigenvalue weighted by atomic mass is 35.5. The van der Waals surface area contributed by atoms with Crippen LogP contribution in [0.1, 0.15) is 5.56 Å². The van der Waals surface area contributed by atoms with Crippen LogP contribution in [0.15, 0.2) is 42.5 Å². The van der Waals surface area contributed by atoms with E-state index in [1.807, 2.05) is 6.07 Å². The zero-order chi connectivity index (χ0) is 14.4. The van der Waals surface area contributed by atoms with Crippen LogP contribution in [0.3, 0.4) is 0 Å². The fourth-order valence-corrected chi connectivity index (χ4v) is 2.06. The molecule has 5 heteroatoms. The van der Waals surface area contributed by atoms with Gasteiger partial charge in [0.05, 0.1) is 11.6 Å². The Labute approximate surface area is 127 Å². The molecule has 102 valence electrons. The zero-order valence-corrected chi connectivity index (χ0v) is 12.0. The number of rotatable bonds is 5. The predicted molar refractivity (Wildman–Crippen MR) is 78.6 cm³/mol. The van der Waals surface area contributed by atoms with Crippen LogP contribution in [0.25, 0.3) is 0 Å². The molecule has 0 aliphatic heterocycles. The molecule has 0 aliphatic rings. The summed E-state index contributed by atoms with van der Waals surface area (Å²) in [7, 11) is 0. The molecule has 0 amide bonds. The van der Waals surface area contributed by atoms with Crippen molar-refractivity contribution in [1.29, 1.82) is 5.26 Å². The average Bonchev–Trinajstić information content (AvgIpc) is 2.43. The monoisotopic (exact) mass is 307 g/mol. The van der Waals surface area contributed by atoms with Crippen molar-refractivity contribution in [2.75, 3.05) is 13.2 Å². The topological polar surface area (TPSA) is 42.2 Å². The van der Waals surface area contributed by atoms with Crippen LogP contribution < -0.4 is 9.47 Å². The SMILES string of the molecule is N#Cc1ccc(OCCOc2cc(Cl)cc(Cl)c2)cc1. The summed E-state index contributed by atoms with van der Waals surface area (Å²) in [6, 6.07) is 14.0. The molecule has 0 spiro atoms. The molecule has 0 radical (unpaired) electrons. The van der Waals surface area contributed by atoms with Gasteiger partial charge in [-0.3, -0.25) is 0 Å². The number of hydrogen-bond donors (Lipinski definition) is 0. The van der Waals surface area contributed by atoms with Crippen molar-refractivity contribution < 1.29 is 9.47 Å². The molecule has 2 aromatic carbocycles. The third kappa shape index (κ3) is 4.34. The molecule has 0 atom stereocenters. The summed E-state index contributed by atoms with van der Waals surface area (Å²) < 4.78 is 11.0. The van der Waals surface area contributed by atoms with Crippen LogP contribution >= 0.6 is 23.2 Å². The van der Waals surface area contributed by atoms with Gasteiger partial charge >= 0.3 is 0 Å². The number of nitriles is 1. The number of ether oxygens (including phenoxy) is 2. The maximum Gasteiger partial charge on any atom is 0.122 e. The molecule has 0 aliphatic carbocycles. The van der Waals surface area contributed by atoms with Crippen molar-refractivity contribution in [3.05, 3.63) is 58.1 Å². The Morgan fingerprint density at radius 1 is 0.850 bits per heavy atom. The van der Waals surface area contributed by atoms with Crippen molar-refractivity contribution in [3.8, 4) is 17.6 Å². The molecular formula is C15H11Cl2NO2. The van der Waals surface area contributed by atoms with Crippen molar-refractivity contribution >= 4 is 23.2 Å². The second-order valence-corrected chi connectivity index (χ2v) is 4.81. The van der Waals surface area contributed by atoms with Crippen LogP contribution in [0, 0.1) is 11.3 Å². The van der Waals surface area contributed by atoms with Crippen LogP contribution in [-0.2, 0) is 0 Å². The van der Waals surface area contributed by atoms with Crippen LogP contribution in [0.2, 0.25) is 10.0 Å². The van der Waals surface area contributed by atoms with E-state index >= 15 is 0 Å². The standard InChI is InChI=1S/C15H11Cl2NO2/c16-12-7-13(17)9-15(8-12)20-6-5-19-14-3-1-11(10-18)2-4-14/h1-4,7-9H,5-6H2. The molecule has 20 heavy (non-hydrogen) atoms. The van der Waals surface area contributed by atoms with Gasteiger partial charge in [-0.2, -0.15) is 5.26 Å².